The molecule has 0 aliphatic carbocycles. The number of ether oxygens (including phenoxy) is 1. The van der Waals surface area contributed by atoms with E-state index in [1.807, 2.05) is 0 Å². The highest BCUT2D eigenvalue weighted by molar-refractivity contribution is 6.35. The quantitative estimate of drug-likeness (QED) is 0.502. The number of esters is 1. The molecule has 0 unspecified atom stereocenters. The van der Waals surface area contributed by atoms with E-state index in [1.165, 1.54) is 20.8 Å². The summed E-state index contributed by atoms with van der Waals surface area (Å²) in [7, 11) is 1.52. The predicted octanol–water partition coefficient (Wildman–Crippen LogP) is 1.32. The van der Waals surface area contributed by atoms with Gasteiger partial charge in [-0.05, 0) is 30.6 Å². The van der Waals surface area contributed by atoms with E-state index in [4.69, 9.17) is 4.74 Å². The first kappa shape index (κ1) is 13.1. The van der Waals surface area contributed by atoms with Crippen molar-refractivity contribution in [2.75, 3.05) is 0 Å². The third kappa shape index (κ3) is 2.60. The van der Waals surface area contributed by atoms with Gasteiger partial charge in [0.25, 0.3) is 0 Å². The molecule has 0 radical (unpaired) electrons. The molecule has 0 fully saturated rings. The van der Waals surface area contributed by atoms with Crippen molar-refractivity contribution in [1.82, 2.24) is 0 Å². The molecule has 0 aromatic heterocycles. The zero-order valence-electron chi connectivity index (χ0n) is 10.6. The molecule has 0 spiro atoms. The Morgan fingerprint density at radius 2 is 1.95 bits per heavy atom. The van der Waals surface area contributed by atoms with Crippen LogP contribution in [0.25, 0.3) is 0 Å². The van der Waals surface area contributed by atoms with Crippen LogP contribution in [0.1, 0.15) is 15.9 Å². The van der Waals surface area contributed by atoms with E-state index in [0.717, 1.165) is 0 Å². The third-order valence-corrected chi connectivity index (χ3v) is 2.84. The summed E-state index contributed by atoms with van der Waals surface area (Å²) in [5.41, 5.74) is 0.230. The number of halogens is 1. The van der Waals surface area contributed by atoms with Crippen molar-refractivity contribution in [3.63, 3.8) is 0 Å². The Kier molecular flexibility index (Phi) is 3.56. The van der Waals surface area contributed by atoms with Gasteiger partial charge in [-0.15, -0.1) is 0 Å². The Hall–Kier alpha value is -2.30. The van der Waals surface area contributed by atoms with Crippen LogP contribution < -0.4 is 10.2 Å². The Balaban J connectivity index is 2.40. The van der Waals surface area contributed by atoms with Gasteiger partial charge in [0.2, 0.25) is 0 Å². The lowest BCUT2D eigenvalue weighted by molar-refractivity contribution is 0.0730. The zero-order valence-corrected chi connectivity index (χ0v) is 10.6. The largest absolute Gasteiger partial charge is 0.508 e. The molecule has 2 aromatic rings. The Morgan fingerprint density at radius 3 is 2.58 bits per heavy atom. The van der Waals surface area contributed by atoms with E-state index in [-0.39, 0.29) is 16.9 Å². The van der Waals surface area contributed by atoms with Gasteiger partial charge in [-0.2, -0.15) is 0 Å². The Labute approximate surface area is 111 Å². The van der Waals surface area contributed by atoms with Gasteiger partial charge in [0.05, 0.1) is 0 Å². The monoisotopic (exact) mass is 258 g/mol. The lowest BCUT2D eigenvalue weighted by atomic mass is 9.90. The first-order chi connectivity index (χ1) is 9.00. The summed E-state index contributed by atoms with van der Waals surface area (Å²) in [6.07, 6.45) is 0. The van der Waals surface area contributed by atoms with Crippen molar-refractivity contribution in [1.29, 1.82) is 0 Å². The van der Waals surface area contributed by atoms with Gasteiger partial charge in [0.1, 0.15) is 30.7 Å². The van der Waals surface area contributed by atoms with Gasteiger partial charge in [0.15, 0.2) is 0 Å². The van der Waals surface area contributed by atoms with E-state index in [9.17, 15) is 14.3 Å². The highest BCUT2D eigenvalue weighted by Crippen LogP contribution is 2.23. The van der Waals surface area contributed by atoms with E-state index in [0.29, 0.717) is 11.2 Å². The summed E-state index contributed by atoms with van der Waals surface area (Å²) in [5, 5.41) is 9.88. The minimum atomic E-state index is -0.774. The minimum Gasteiger partial charge on any atom is -0.508 e. The van der Waals surface area contributed by atoms with Gasteiger partial charge in [-0.3, -0.25) is 0 Å². The first-order valence-corrected chi connectivity index (χ1v) is 5.76. The molecular formula is C14H12BFO3. The zero-order chi connectivity index (χ0) is 14.0. The standard InChI is InChI=1S/C14H12BFO3/c1-8-11(16)7-10(15)13(17)12(8)14(18)19-9-5-3-2-4-6-9/h2-7,17H,15H2,1H3. The van der Waals surface area contributed by atoms with Crippen molar-refractivity contribution >= 4 is 19.3 Å². The van der Waals surface area contributed by atoms with Crippen LogP contribution in [0.15, 0.2) is 36.4 Å². The lowest BCUT2D eigenvalue weighted by Gasteiger charge is -2.11. The maximum absolute atomic E-state index is 13.6. The number of hydrogen-bond donors (Lipinski definition) is 1. The van der Waals surface area contributed by atoms with Gasteiger partial charge in [0, 0.05) is 5.56 Å². The molecule has 2 rings (SSSR count). The molecule has 96 valence electrons. The van der Waals surface area contributed by atoms with Crippen LogP contribution in [0.2, 0.25) is 0 Å². The van der Waals surface area contributed by atoms with Crippen molar-refractivity contribution in [3.05, 3.63) is 53.3 Å². The molecule has 5 heteroatoms. The van der Waals surface area contributed by atoms with E-state index >= 15 is 0 Å². The SMILES string of the molecule is Bc1cc(F)c(C)c(C(=O)Oc2ccccc2)c1O. The number of phenolic OH excluding ortho intramolecular Hbond substituents is 1. The number of hydrogen-bond acceptors (Lipinski definition) is 3. The topological polar surface area (TPSA) is 46.5 Å². The molecule has 0 heterocycles. The van der Waals surface area contributed by atoms with Crippen molar-refractivity contribution < 1.29 is 19.0 Å². The van der Waals surface area contributed by atoms with Crippen LogP contribution in [0, 0.1) is 12.7 Å². The van der Waals surface area contributed by atoms with E-state index < -0.39 is 11.8 Å². The molecule has 0 aliphatic rings. The second-order valence-electron chi connectivity index (χ2n) is 4.23. The second kappa shape index (κ2) is 5.14. The molecule has 0 saturated heterocycles. The summed E-state index contributed by atoms with van der Waals surface area (Å²) < 4.78 is 18.7. The van der Waals surface area contributed by atoms with Crippen LogP contribution in [-0.2, 0) is 0 Å². The summed E-state index contributed by atoms with van der Waals surface area (Å²) in [6, 6.07) is 9.61. The minimum absolute atomic E-state index is 0.0732. The van der Waals surface area contributed by atoms with Crippen LogP contribution >= 0.6 is 0 Å². The molecule has 0 amide bonds. The summed E-state index contributed by atoms with van der Waals surface area (Å²) in [4.78, 5) is 12.0. The van der Waals surface area contributed by atoms with Gasteiger partial charge in [-0.1, -0.05) is 18.2 Å². The lowest BCUT2D eigenvalue weighted by Crippen LogP contribution is -2.17. The fourth-order valence-corrected chi connectivity index (χ4v) is 1.76. The molecule has 0 atom stereocenters. The molecule has 3 nitrogen and oxygen atoms in total. The maximum Gasteiger partial charge on any atom is 0.347 e. The van der Waals surface area contributed by atoms with Crippen LogP contribution in [0.3, 0.4) is 0 Å². The highest BCUT2D eigenvalue weighted by Gasteiger charge is 2.21. The van der Waals surface area contributed by atoms with Gasteiger partial charge in [-0.25, -0.2) is 9.18 Å². The molecule has 1 N–H and O–H groups in total. The predicted molar refractivity (Wildman–Crippen MR) is 72.4 cm³/mol. The molecule has 0 bridgehead atoms. The second-order valence-corrected chi connectivity index (χ2v) is 4.23. The van der Waals surface area contributed by atoms with Crippen LogP contribution in [0.5, 0.6) is 11.5 Å². The average molecular weight is 258 g/mol. The number of para-hydroxylation sites is 1. The molecule has 0 aliphatic heterocycles. The van der Waals surface area contributed by atoms with Crippen LogP contribution in [-0.4, -0.2) is 18.9 Å². The number of carbonyl (C=O) groups is 1. The van der Waals surface area contributed by atoms with Gasteiger partial charge < -0.3 is 9.84 Å². The maximum atomic E-state index is 13.6. The molecule has 0 saturated carbocycles. The summed E-state index contributed by atoms with van der Waals surface area (Å²) in [6.45, 7) is 1.43. The number of benzene rings is 2. The number of rotatable bonds is 2. The highest BCUT2D eigenvalue weighted by atomic mass is 19.1. The van der Waals surface area contributed by atoms with Gasteiger partial charge >= 0.3 is 5.97 Å². The smallest absolute Gasteiger partial charge is 0.347 e. The number of aromatic hydroxyl groups is 1. The third-order valence-electron chi connectivity index (χ3n) is 2.84. The number of phenols is 1. The Morgan fingerprint density at radius 1 is 1.32 bits per heavy atom. The molecule has 19 heavy (non-hydrogen) atoms. The van der Waals surface area contributed by atoms with E-state index in [1.54, 1.807) is 30.3 Å². The fourth-order valence-electron chi connectivity index (χ4n) is 1.76. The van der Waals surface area contributed by atoms with Crippen molar-refractivity contribution in [2.24, 2.45) is 0 Å². The summed E-state index contributed by atoms with van der Waals surface area (Å²) in [5.74, 6) is -1.23. The summed E-state index contributed by atoms with van der Waals surface area (Å²) >= 11 is 0. The normalized spacial score (nSPS) is 10.2. The Bertz CT molecular complexity index is 600. The van der Waals surface area contributed by atoms with Crippen molar-refractivity contribution in [2.45, 2.75) is 6.92 Å². The van der Waals surface area contributed by atoms with Crippen molar-refractivity contribution in [3.8, 4) is 11.5 Å². The number of carbonyl (C=O) groups excluding carboxylic acids is 1. The fraction of sp³-hybridized carbons (Fsp3) is 0.0714. The van der Waals surface area contributed by atoms with E-state index in [2.05, 4.69) is 0 Å². The first-order valence-electron chi connectivity index (χ1n) is 5.76. The average Bonchev–Trinajstić information content (AvgIpc) is 2.38. The molecule has 2 aromatic carbocycles. The molecular weight excluding hydrogens is 246 g/mol. The van der Waals surface area contributed by atoms with Crippen LogP contribution in [0.4, 0.5) is 4.39 Å².